The largest absolute Gasteiger partial charge is 0.349 e. The maximum absolute atomic E-state index is 12.3. The van der Waals surface area contributed by atoms with Crippen molar-refractivity contribution in [2.45, 2.75) is 63.4 Å². The molecule has 1 fully saturated rings. The number of aromatic nitrogens is 1. The number of rotatable bonds is 8. The van der Waals surface area contributed by atoms with E-state index in [1.165, 1.54) is 25.7 Å². The van der Waals surface area contributed by atoms with Gasteiger partial charge in [-0.2, -0.15) is 0 Å². The van der Waals surface area contributed by atoms with E-state index in [0.29, 0.717) is 23.9 Å². The second kappa shape index (κ2) is 7.42. The van der Waals surface area contributed by atoms with Gasteiger partial charge in [0.25, 0.3) is 0 Å². The van der Waals surface area contributed by atoms with Crippen LogP contribution in [0.4, 0.5) is 0 Å². The van der Waals surface area contributed by atoms with Crippen LogP contribution in [0.15, 0.2) is 17.2 Å². The van der Waals surface area contributed by atoms with Crippen molar-refractivity contribution >= 4 is 10.0 Å². The van der Waals surface area contributed by atoms with Crippen molar-refractivity contribution in [1.82, 2.24) is 9.29 Å². The molecule has 1 saturated carbocycles. The maximum Gasteiger partial charge on any atom is 0.242 e. The molecule has 0 radical (unpaired) electrons. The molecule has 21 heavy (non-hydrogen) atoms. The summed E-state index contributed by atoms with van der Waals surface area (Å²) in [6.45, 7) is 3.75. The highest BCUT2D eigenvalue weighted by atomic mass is 32.2. The molecule has 1 aliphatic carbocycles. The van der Waals surface area contributed by atoms with Crippen molar-refractivity contribution in [3.8, 4) is 0 Å². The lowest BCUT2D eigenvalue weighted by molar-refractivity contribution is 0.495. The summed E-state index contributed by atoms with van der Waals surface area (Å²) in [4.78, 5) is 0.336. The van der Waals surface area contributed by atoms with E-state index < -0.39 is 10.0 Å². The van der Waals surface area contributed by atoms with Crippen LogP contribution in [-0.4, -0.2) is 19.5 Å². The van der Waals surface area contributed by atoms with Crippen molar-refractivity contribution in [2.75, 3.05) is 6.54 Å². The molecule has 3 N–H and O–H groups in total. The van der Waals surface area contributed by atoms with Gasteiger partial charge in [-0.3, -0.25) is 0 Å². The fraction of sp³-hybridized carbons (Fsp3) is 0.733. The average molecular weight is 313 g/mol. The van der Waals surface area contributed by atoms with Gasteiger partial charge in [-0.1, -0.05) is 32.6 Å². The summed E-state index contributed by atoms with van der Waals surface area (Å²) in [7, 11) is -3.41. The molecule has 0 amide bonds. The minimum atomic E-state index is -3.41. The van der Waals surface area contributed by atoms with Crippen LogP contribution in [-0.2, 0) is 23.1 Å². The van der Waals surface area contributed by atoms with Crippen LogP contribution in [0.2, 0.25) is 0 Å². The molecule has 1 aromatic heterocycles. The highest BCUT2D eigenvalue weighted by Gasteiger charge is 2.19. The van der Waals surface area contributed by atoms with E-state index in [1.807, 2.05) is 4.57 Å². The van der Waals surface area contributed by atoms with Crippen molar-refractivity contribution < 1.29 is 8.42 Å². The summed E-state index contributed by atoms with van der Waals surface area (Å²) in [5.74, 6) is 0.692. The fourth-order valence-electron chi connectivity index (χ4n) is 3.07. The van der Waals surface area contributed by atoms with Gasteiger partial charge in [0.2, 0.25) is 10.0 Å². The van der Waals surface area contributed by atoms with E-state index in [9.17, 15) is 8.42 Å². The number of nitrogens with two attached hydrogens (primary N) is 1. The molecule has 1 aromatic rings. The van der Waals surface area contributed by atoms with Crippen LogP contribution in [0.25, 0.3) is 0 Å². The summed E-state index contributed by atoms with van der Waals surface area (Å²) < 4.78 is 29.3. The standard InChI is InChI=1S/C15H27N3O2S/c1-2-9-18-12-15(10-14(18)11-16)21(19,20)17-8-7-13-5-3-4-6-13/h10,12-13,17H,2-9,11,16H2,1H3. The molecule has 0 aromatic carbocycles. The predicted molar refractivity (Wildman–Crippen MR) is 84.4 cm³/mol. The molecule has 0 bridgehead atoms. The summed E-state index contributed by atoms with van der Waals surface area (Å²) in [6, 6.07) is 1.69. The molecule has 0 spiro atoms. The zero-order valence-electron chi connectivity index (χ0n) is 12.8. The molecule has 0 saturated heterocycles. The summed E-state index contributed by atoms with van der Waals surface area (Å²) in [5, 5.41) is 0. The van der Waals surface area contributed by atoms with E-state index >= 15 is 0 Å². The zero-order chi connectivity index (χ0) is 15.3. The van der Waals surface area contributed by atoms with Crippen molar-refractivity contribution in [2.24, 2.45) is 11.7 Å². The smallest absolute Gasteiger partial charge is 0.242 e. The molecule has 120 valence electrons. The molecule has 2 rings (SSSR count). The molecule has 6 heteroatoms. The fourth-order valence-corrected chi connectivity index (χ4v) is 4.18. The van der Waals surface area contributed by atoms with Gasteiger partial charge in [-0.15, -0.1) is 0 Å². The quantitative estimate of drug-likeness (QED) is 0.772. The van der Waals surface area contributed by atoms with Crippen LogP contribution in [0, 0.1) is 5.92 Å². The molecule has 0 atom stereocenters. The van der Waals surface area contributed by atoms with E-state index in [1.54, 1.807) is 12.3 Å². The first kappa shape index (κ1) is 16.5. The highest BCUT2D eigenvalue weighted by Crippen LogP contribution is 2.27. The van der Waals surface area contributed by atoms with E-state index in [2.05, 4.69) is 11.6 Å². The van der Waals surface area contributed by atoms with Gasteiger partial charge in [0.15, 0.2) is 0 Å². The molecule has 1 heterocycles. The molecule has 5 nitrogen and oxygen atoms in total. The normalized spacial score (nSPS) is 16.7. The zero-order valence-corrected chi connectivity index (χ0v) is 13.7. The second-order valence-electron chi connectivity index (χ2n) is 5.90. The first-order chi connectivity index (χ1) is 10.1. The molecular formula is C15H27N3O2S. The number of hydrogen-bond acceptors (Lipinski definition) is 3. The first-order valence-corrected chi connectivity index (χ1v) is 9.44. The minimum Gasteiger partial charge on any atom is -0.349 e. The highest BCUT2D eigenvalue weighted by molar-refractivity contribution is 7.89. The molecular weight excluding hydrogens is 286 g/mol. The summed E-state index contributed by atoms with van der Waals surface area (Å²) >= 11 is 0. The Balaban J connectivity index is 1.97. The van der Waals surface area contributed by atoms with Gasteiger partial charge >= 0.3 is 0 Å². The lowest BCUT2D eigenvalue weighted by atomic mass is 10.1. The Morgan fingerprint density at radius 3 is 2.71 bits per heavy atom. The summed E-state index contributed by atoms with van der Waals surface area (Å²) in [6.07, 6.45) is 8.66. The third-order valence-corrected chi connectivity index (χ3v) is 5.69. The number of hydrogen-bond donors (Lipinski definition) is 2. The number of nitrogens with one attached hydrogen (secondary N) is 1. The van der Waals surface area contributed by atoms with Crippen LogP contribution in [0.1, 0.15) is 51.1 Å². The third-order valence-electron chi connectivity index (χ3n) is 4.26. The Morgan fingerprint density at radius 2 is 2.10 bits per heavy atom. The van der Waals surface area contributed by atoms with Crippen molar-refractivity contribution in [3.05, 3.63) is 18.0 Å². The monoisotopic (exact) mass is 313 g/mol. The van der Waals surface area contributed by atoms with Crippen LogP contribution in [0.3, 0.4) is 0 Å². The Morgan fingerprint density at radius 1 is 1.38 bits per heavy atom. The Labute approximate surface area is 128 Å². The van der Waals surface area contributed by atoms with Crippen molar-refractivity contribution in [3.63, 3.8) is 0 Å². The van der Waals surface area contributed by atoms with Crippen molar-refractivity contribution in [1.29, 1.82) is 0 Å². The molecule has 1 aliphatic rings. The number of sulfonamides is 1. The Bertz CT molecular complexity index is 545. The average Bonchev–Trinajstić information content (AvgIpc) is 3.08. The lowest BCUT2D eigenvalue weighted by Gasteiger charge is -2.09. The van der Waals surface area contributed by atoms with E-state index in [4.69, 9.17) is 5.73 Å². The minimum absolute atomic E-state index is 0.336. The van der Waals surface area contributed by atoms with Gasteiger partial charge in [0.1, 0.15) is 0 Å². The third kappa shape index (κ3) is 4.31. The SMILES string of the molecule is CCCn1cc(S(=O)(=O)NCCC2CCCC2)cc1CN. The van der Waals surface area contributed by atoms with Gasteiger partial charge in [0, 0.05) is 31.5 Å². The van der Waals surface area contributed by atoms with Crippen LogP contribution >= 0.6 is 0 Å². The van der Waals surface area contributed by atoms with Gasteiger partial charge < -0.3 is 10.3 Å². The maximum atomic E-state index is 12.3. The van der Waals surface area contributed by atoms with E-state index in [0.717, 1.165) is 25.1 Å². The Hall–Kier alpha value is -0.850. The summed E-state index contributed by atoms with van der Waals surface area (Å²) in [5.41, 5.74) is 6.55. The predicted octanol–water partition coefficient (Wildman–Crippen LogP) is 2.22. The van der Waals surface area contributed by atoms with Gasteiger partial charge in [-0.25, -0.2) is 13.1 Å². The topological polar surface area (TPSA) is 77.1 Å². The second-order valence-corrected chi connectivity index (χ2v) is 7.67. The first-order valence-electron chi connectivity index (χ1n) is 7.95. The lowest BCUT2D eigenvalue weighted by Crippen LogP contribution is -2.25. The van der Waals surface area contributed by atoms with E-state index in [-0.39, 0.29) is 0 Å². The number of aryl methyl sites for hydroxylation is 1. The molecule has 0 unspecified atom stereocenters. The Kier molecular flexibility index (Phi) is 5.84. The van der Waals surface area contributed by atoms with Gasteiger partial charge in [-0.05, 0) is 24.8 Å². The molecule has 0 aliphatic heterocycles. The van der Waals surface area contributed by atoms with Gasteiger partial charge in [0.05, 0.1) is 4.90 Å². The number of nitrogens with zero attached hydrogens (tertiary/aromatic N) is 1. The van der Waals surface area contributed by atoms with Crippen LogP contribution < -0.4 is 10.5 Å². The van der Waals surface area contributed by atoms with Crippen LogP contribution in [0.5, 0.6) is 0 Å².